The lowest BCUT2D eigenvalue weighted by molar-refractivity contribution is -0.114. The van der Waals surface area contributed by atoms with Gasteiger partial charge in [0.1, 0.15) is 0 Å². The Morgan fingerprint density at radius 3 is 2.19 bits per heavy atom. The summed E-state index contributed by atoms with van der Waals surface area (Å²) in [6.07, 6.45) is 3.41. The number of unbranched alkanes of at least 4 members (excludes halogenated alkanes) is 1. The Balaban J connectivity index is 1.69. The van der Waals surface area contributed by atoms with Gasteiger partial charge < -0.3 is 10.6 Å². The SMILES string of the molecule is CCCCc1ccc(NC(=O)CSCC(=O)Nc2cccc(C)c2)cc1. The summed E-state index contributed by atoms with van der Waals surface area (Å²) in [7, 11) is 0. The molecule has 0 heterocycles. The van der Waals surface area contributed by atoms with Gasteiger partial charge >= 0.3 is 0 Å². The van der Waals surface area contributed by atoms with Gasteiger partial charge in [-0.2, -0.15) is 0 Å². The van der Waals surface area contributed by atoms with E-state index in [9.17, 15) is 9.59 Å². The third kappa shape index (κ3) is 7.31. The minimum absolute atomic E-state index is 0.0975. The zero-order valence-corrected chi connectivity index (χ0v) is 16.2. The van der Waals surface area contributed by atoms with E-state index in [1.165, 1.54) is 30.2 Å². The van der Waals surface area contributed by atoms with Gasteiger partial charge in [-0.05, 0) is 55.2 Å². The molecule has 0 saturated carbocycles. The summed E-state index contributed by atoms with van der Waals surface area (Å²) in [5.41, 5.74) is 3.95. The van der Waals surface area contributed by atoms with E-state index in [1.807, 2.05) is 55.5 Å². The van der Waals surface area contributed by atoms with Crippen LogP contribution in [0.25, 0.3) is 0 Å². The summed E-state index contributed by atoms with van der Waals surface area (Å²) in [5, 5.41) is 5.70. The maximum Gasteiger partial charge on any atom is 0.234 e. The molecule has 0 aliphatic rings. The average molecular weight is 371 g/mol. The van der Waals surface area contributed by atoms with E-state index in [0.29, 0.717) is 0 Å². The van der Waals surface area contributed by atoms with E-state index in [0.717, 1.165) is 23.4 Å². The van der Waals surface area contributed by atoms with Crippen molar-refractivity contribution in [3.63, 3.8) is 0 Å². The highest BCUT2D eigenvalue weighted by Gasteiger charge is 2.07. The quantitative estimate of drug-likeness (QED) is 0.675. The fraction of sp³-hybridized carbons (Fsp3) is 0.333. The third-order valence-electron chi connectivity index (χ3n) is 3.82. The molecule has 26 heavy (non-hydrogen) atoms. The van der Waals surface area contributed by atoms with Gasteiger partial charge in [-0.1, -0.05) is 37.6 Å². The van der Waals surface area contributed by atoms with Crippen LogP contribution in [0, 0.1) is 6.92 Å². The van der Waals surface area contributed by atoms with Crippen LogP contribution in [0.5, 0.6) is 0 Å². The van der Waals surface area contributed by atoms with Crippen molar-refractivity contribution in [3.8, 4) is 0 Å². The van der Waals surface area contributed by atoms with Gasteiger partial charge in [-0.3, -0.25) is 9.59 Å². The molecule has 2 N–H and O–H groups in total. The monoisotopic (exact) mass is 370 g/mol. The normalized spacial score (nSPS) is 10.4. The van der Waals surface area contributed by atoms with Crippen LogP contribution in [0.1, 0.15) is 30.9 Å². The van der Waals surface area contributed by atoms with Gasteiger partial charge in [-0.25, -0.2) is 0 Å². The number of nitrogens with one attached hydrogen (secondary N) is 2. The lowest BCUT2D eigenvalue weighted by Crippen LogP contribution is -2.18. The van der Waals surface area contributed by atoms with Crippen molar-refractivity contribution in [1.82, 2.24) is 0 Å². The maximum absolute atomic E-state index is 12.0. The molecule has 0 atom stereocenters. The third-order valence-corrected chi connectivity index (χ3v) is 4.76. The summed E-state index contributed by atoms with van der Waals surface area (Å²) >= 11 is 1.30. The second-order valence-corrected chi connectivity index (χ2v) is 7.24. The molecule has 0 aromatic heterocycles. The van der Waals surface area contributed by atoms with Crippen LogP contribution in [0.2, 0.25) is 0 Å². The standard InChI is InChI=1S/C21H26N2O2S/c1-3-4-7-17-9-11-18(12-10-17)22-20(24)14-26-15-21(25)23-19-8-5-6-16(2)13-19/h5-6,8-13H,3-4,7,14-15H2,1-2H3,(H,22,24)(H,23,25). The predicted octanol–water partition coefficient (Wildman–Crippen LogP) is 4.65. The zero-order chi connectivity index (χ0) is 18.8. The van der Waals surface area contributed by atoms with E-state index >= 15 is 0 Å². The first-order valence-electron chi connectivity index (χ1n) is 8.90. The van der Waals surface area contributed by atoms with Gasteiger partial charge in [0, 0.05) is 11.4 Å². The van der Waals surface area contributed by atoms with Crippen LogP contribution in [-0.4, -0.2) is 23.3 Å². The molecule has 2 aromatic rings. The summed E-state index contributed by atoms with van der Waals surface area (Å²) in [6, 6.07) is 15.6. The number of anilines is 2. The fourth-order valence-electron chi connectivity index (χ4n) is 2.49. The Morgan fingerprint density at radius 2 is 1.58 bits per heavy atom. The number of hydrogen-bond acceptors (Lipinski definition) is 3. The molecular weight excluding hydrogens is 344 g/mol. The molecule has 4 nitrogen and oxygen atoms in total. The Bertz CT molecular complexity index is 729. The molecule has 0 bridgehead atoms. The molecule has 0 aliphatic carbocycles. The molecule has 2 amide bonds. The molecule has 2 rings (SSSR count). The number of thioether (sulfide) groups is 1. The number of carbonyl (C=O) groups excluding carboxylic acids is 2. The lowest BCUT2D eigenvalue weighted by Gasteiger charge is -2.07. The molecule has 0 fully saturated rings. The van der Waals surface area contributed by atoms with E-state index < -0.39 is 0 Å². The van der Waals surface area contributed by atoms with Crippen molar-refractivity contribution >= 4 is 35.0 Å². The largest absolute Gasteiger partial charge is 0.325 e. The van der Waals surface area contributed by atoms with Crippen LogP contribution >= 0.6 is 11.8 Å². The second kappa shape index (κ2) is 10.7. The molecule has 0 saturated heterocycles. The molecule has 5 heteroatoms. The van der Waals surface area contributed by atoms with Crippen molar-refractivity contribution in [2.45, 2.75) is 33.1 Å². The fourth-order valence-corrected chi connectivity index (χ4v) is 3.11. The number of hydrogen-bond donors (Lipinski definition) is 2. The number of rotatable bonds is 9. The Morgan fingerprint density at radius 1 is 0.923 bits per heavy atom. The van der Waals surface area contributed by atoms with Gasteiger partial charge in [0.25, 0.3) is 0 Å². The maximum atomic E-state index is 12.0. The first kappa shape index (κ1) is 20.0. The molecule has 0 spiro atoms. The summed E-state index contributed by atoms with van der Waals surface area (Å²) < 4.78 is 0. The van der Waals surface area contributed by atoms with Crippen LogP contribution in [0.15, 0.2) is 48.5 Å². The Kier molecular flexibility index (Phi) is 8.22. The highest BCUT2D eigenvalue weighted by atomic mass is 32.2. The zero-order valence-electron chi connectivity index (χ0n) is 15.4. The van der Waals surface area contributed by atoms with Gasteiger partial charge in [0.2, 0.25) is 11.8 Å². The van der Waals surface area contributed by atoms with Gasteiger partial charge in [-0.15, -0.1) is 11.8 Å². The van der Waals surface area contributed by atoms with Crippen molar-refractivity contribution in [1.29, 1.82) is 0 Å². The van der Waals surface area contributed by atoms with Crippen LogP contribution < -0.4 is 10.6 Å². The highest BCUT2D eigenvalue weighted by Crippen LogP contribution is 2.13. The number of amides is 2. The van der Waals surface area contributed by atoms with Crippen molar-refractivity contribution in [2.75, 3.05) is 22.1 Å². The molecule has 0 aliphatic heterocycles. The van der Waals surface area contributed by atoms with Crippen molar-refractivity contribution in [3.05, 3.63) is 59.7 Å². The van der Waals surface area contributed by atoms with Crippen molar-refractivity contribution < 1.29 is 9.59 Å². The predicted molar refractivity (Wildman–Crippen MR) is 111 cm³/mol. The summed E-state index contributed by atoms with van der Waals surface area (Å²) in [6.45, 7) is 4.15. The van der Waals surface area contributed by atoms with E-state index in [4.69, 9.17) is 0 Å². The van der Waals surface area contributed by atoms with Crippen LogP contribution in [0.4, 0.5) is 11.4 Å². The second-order valence-electron chi connectivity index (χ2n) is 6.26. The van der Waals surface area contributed by atoms with E-state index in [1.54, 1.807) is 0 Å². The smallest absolute Gasteiger partial charge is 0.234 e. The minimum atomic E-state index is -0.103. The molecule has 138 valence electrons. The minimum Gasteiger partial charge on any atom is -0.325 e. The molecule has 0 radical (unpaired) electrons. The summed E-state index contributed by atoms with van der Waals surface area (Å²) in [5.74, 6) is 0.296. The Hall–Kier alpha value is -2.27. The van der Waals surface area contributed by atoms with Crippen LogP contribution in [0.3, 0.4) is 0 Å². The molecule has 2 aromatic carbocycles. The van der Waals surface area contributed by atoms with Gasteiger partial charge in [0.15, 0.2) is 0 Å². The number of aryl methyl sites for hydroxylation is 2. The molecule has 0 unspecified atom stereocenters. The topological polar surface area (TPSA) is 58.2 Å². The first-order chi connectivity index (χ1) is 12.6. The first-order valence-corrected chi connectivity index (χ1v) is 10.1. The van der Waals surface area contributed by atoms with E-state index in [-0.39, 0.29) is 23.3 Å². The lowest BCUT2D eigenvalue weighted by atomic mass is 10.1. The van der Waals surface area contributed by atoms with Crippen molar-refractivity contribution in [2.24, 2.45) is 0 Å². The number of benzene rings is 2. The van der Waals surface area contributed by atoms with E-state index in [2.05, 4.69) is 17.6 Å². The Labute approximate surface area is 159 Å². The average Bonchev–Trinajstić information content (AvgIpc) is 2.61. The summed E-state index contributed by atoms with van der Waals surface area (Å²) in [4.78, 5) is 23.9. The van der Waals surface area contributed by atoms with Crippen LogP contribution in [-0.2, 0) is 16.0 Å². The molecular formula is C21H26N2O2S. The van der Waals surface area contributed by atoms with Gasteiger partial charge in [0.05, 0.1) is 11.5 Å². The number of carbonyl (C=O) groups is 2. The highest BCUT2D eigenvalue weighted by molar-refractivity contribution is 8.00.